The predicted molar refractivity (Wildman–Crippen MR) is 78.3 cm³/mol. The van der Waals surface area contributed by atoms with Crippen LogP contribution in [-0.2, 0) is 0 Å². The van der Waals surface area contributed by atoms with E-state index in [1.165, 1.54) is 12.8 Å². The second kappa shape index (κ2) is 6.25. The maximum atomic E-state index is 6.32. The Bertz CT molecular complexity index is 409. The molecule has 0 spiro atoms. The molecule has 1 fully saturated rings. The van der Waals surface area contributed by atoms with E-state index in [2.05, 4.69) is 11.8 Å². The third-order valence-electron chi connectivity index (χ3n) is 3.86. The van der Waals surface area contributed by atoms with Gasteiger partial charge in [0, 0.05) is 18.6 Å². The first-order valence-electron chi connectivity index (χ1n) is 6.58. The van der Waals surface area contributed by atoms with Gasteiger partial charge in [-0.3, -0.25) is 4.90 Å². The topological polar surface area (TPSA) is 29.3 Å². The van der Waals surface area contributed by atoms with Crippen molar-refractivity contribution >= 4 is 23.2 Å². The Morgan fingerprint density at radius 3 is 2.89 bits per heavy atom. The number of hydrogen-bond acceptors (Lipinski definition) is 2. The molecule has 1 heterocycles. The average Bonchev–Trinajstić information content (AvgIpc) is 2.83. The van der Waals surface area contributed by atoms with E-state index in [1.54, 1.807) is 0 Å². The highest BCUT2D eigenvalue weighted by Crippen LogP contribution is 2.36. The van der Waals surface area contributed by atoms with Crippen molar-refractivity contribution in [2.24, 2.45) is 5.73 Å². The van der Waals surface area contributed by atoms with Gasteiger partial charge in [0.2, 0.25) is 0 Å². The van der Waals surface area contributed by atoms with E-state index >= 15 is 0 Å². The van der Waals surface area contributed by atoms with Crippen molar-refractivity contribution in [3.8, 4) is 0 Å². The molecule has 0 aromatic heterocycles. The van der Waals surface area contributed by atoms with Crippen molar-refractivity contribution in [3.63, 3.8) is 0 Å². The van der Waals surface area contributed by atoms with Crippen LogP contribution in [0.2, 0.25) is 10.0 Å². The first kappa shape index (κ1) is 14.1. The Kier molecular flexibility index (Phi) is 4.91. The fourth-order valence-electron chi connectivity index (χ4n) is 2.93. The van der Waals surface area contributed by atoms with Gasteiger partial charge >= 0.3 is 0 Å². The Labute approximate surface area is 119 Å². The molecule has 0 aliphatic carbocycles. The summed E-state index contributed by atoms with van der Waals surface area (Å²) in [5.74, 6) is 0. The first-order chi connectivity index (χ1) is 8.69. The molecule has 2 N–H and O–H groups in total. The Morgan fingerprint density at radius 1 is 1.44 bits per heavy atom. The van der Waals surface area contributed by atoms with Gasteiger partial charge in [0.15, 0.2) is 0 Å². The van der Waals surface area contributed by atoms with Crippen molar-refractivity contribution < 1.29 is 0 Å². The first-order valence-corrected chi connectivity index (χ1v) is 7.34. The van der Waals surface area contributed by atoms with Crippen LogP contribution < -0.4 is 5.73 Å². The van der Waals surface area contributed by atoms with Crippen LogP contribution in [0, 0.1) is 0 Å². The lowest BCUT2D eigenvalue weighted by atomic mass is 10.0. The predicted octanol–water partition coefficient (Wildman–Crippen LogP) is 3.87. The van der Waals surface area contributed by atoms with E-state index in [1.807, 2.05) is 18.2 Å². The minimum Gasteiger partial charge on any atom is -0.329 e. The second-order valence-corrected chi connectivity index (χ2v) is 5.62. The summed E-state index contributed by atoms with van der Waals surface area (Å²) < 4.78 is 0. The Balaban J connectivity index is 2.30. The summed E-state index contributed by atoms with van der Waals surface area (Å²) in [4.78, 5) is 2.48. The molecular weight excluding hydrogens is 267 g/mol. The minimum atomic E-state index is 0.184. The van der Waals surface area contributed by atoms with Gasteiger partial charge in [0.05, 0.1) is 10.0 Å². The quantitative estimate of drug-likeness (QED) is 0.911. The van der Waals surface area contributed by atoms with Crippen LogP contribution in [0.1, 0.15) is 37.8 Å². The van der Waals surface area contributed by atoms with E-state index in [0.29, 0.717) is 22.6 Å². The molecular formula is C14H20Cl2N2. The average molecular weight is 287 g/mol. The van der Waals surface area contributed by atoms with Gasteiger partial charge in [-0.15, -0.1) is 0 Å². The molecule has 0 saturated carbocycles. The minimum absolute atomic E-state index is 0.184. The number of halogens is 2. The lowest BCUT2D eigenvalue weighted by Gasteiger charge is -2.32. The molecule has 0 radical (unpaired) electrons. The molecule has 2 unspecified atom stereocenters. The molecule has 0 bridgehead atoms. The Morgan fingerprint density at radius 2 is 2.22 bits per heavy atom. The smallest absolute Gasteiger partial charge is 0.0640 e. The number of likely N-dealkylation sites (tertiary alicyclic amines) is 1. The second-order valence-electron chi connectivity index (χ2n) is 4.84. The SMILES string of the molecule is CCC1CCCN1C(CN)c1cccc(Cl)c1Cl. The summed E-state index contributed by atoms with van der Waals surface area (Å²) in [5, 5.41) is 1.26. The van der Waals surface area contributed by atoms with E-state index in [9.17, 15) is 0 Å². The molecule has 1 saturated heterocycles. The van der Waals surface area contributed by atoms with E-state index in [4.69, 9.17) is 28.9 Å². The van der Waals surface area contributed by atoms with Crippen LogP contribution in [0.15, 0.2) is 18.2 Å². The maximum Gasteiger partial charge on any atom is 0.0640 e. The van der Waals surface area contributed by atoms with E-state index in [0.717, 1.165) is 18.5 Å². The molecule has 18 heavy (non-hydrogen) atoms. The number of benzene rings is 1. The summed E-state index contributed by atoms with van der Waals surface area (Å²) in [6.07, 6.45) is 3.66. The van der Waals surface area contributed by atoms with Crippen molar-refractivity contribution in [1.29, 1.82) is 0 Å². The van der Waals surface area contributed by atoms with Gasteiger partial charge in [-0.05, 0) is 37.4 Å². The molecule has 1 aromatic carbocycles. The van der Waals surface area contributed by atoms with Crippen LogP contribution in [0.4, 0.5) is 0 Å². The van der Waals surface area contributed by atoms with Crippen LogP contribution in [-0.4, -0.2) is 24.0 Å². The highest BCUT2D eigenvalue weighted by molar-refractivity contribution is 6.42. The zero-order valence-corrected chi connectivity index (χ0v) is 12.2. The number of nitrogens with two attached hydrogens (primary N) is 1. The van der Waals surface area contributed by atoms with Crippen LogP contribution in [0.5, 0.6) is 0 Å². The van der Waals surface area contributed by atoms with Gasteiger partial charge in [-0.1, -0.05) is 42.3 Å². The lowest BCUT2D eigenvalue weighted by molar-refractivity contribution is 0.180. The van der Waals surface area contributed by atoms with Gasteiger partial charge in [-0.25, -0.2) is 0 Å². The van der Waals surface area contributed by atoms with Gasteiger partial charge in [0.1, 0.15) is 0 Å². The summed E-state index contributed by atoms with van der Waals surface area (Å²) in [6.45, 7) is 3.91. The molecule has 1 aromatic rings. The third kappa shape index (κ3) is 2.67. The summed E-state index contributed by atoms with van der Waals surface area (Å²) in [5.41, 5.74) is 7.04. The number of rotatable bonds is 4. The molecule has 100 valence electrons. The number of hydrogen-bond donors (Lipinski definition) is 1. The van der Waals surface area contributed by atoms with Crippen molar-refractivity contribution in [2.75, 3.05) is 13.1 Å². The molecule has 2 nitrogen and oxygen atoms in total. The molecule has 1 aliphatic rings. The highest BCUT2D eigenvalue weighted by Gasteiger charge is 2.30. The molecule has 2 rings (SSSR count). The highest BCUT2D eigenvalue weighted by atomic mass is 35.5. The zero-order chi connectivity index (χ0) is 13.1. The van der Waals surface area contributed by atoms with E-state index in [-0.39, 0.29) is 6.04 Å². The lowest BCUT2D eigenvalue weighted by Crippen LogP contribution is -2.37. The summed E-state index contributed by atoms with van der Waals surface area (Å²) in [6, 6.07) is 6.61. The fraction of sp³-hybridized carbons (Fsp3) is 0.571. The maximum absolute atomic E-state index is 6.32. The van der Waals surface area contributed by atoms with Gasteiger partial charge in [-0.2, -0.15) is 0 Å². The zero-order valence-electron chi connectivity index (χ0n) is 10.7. The van der Waals surface area contributed by atoms with Gasteiger partial charge in [0.25, 0.3) is 0 Å². The van der Waals surface area contributed by atoms with E-state index < -0.39 is 0 Å². The normalized spacial score (nSPS) is 22.3. The van der Waals surface area contributed by atoms with Crippen molar-refractivity contribution in [1.82, 2.24) is 4.90 Å². The van der Waals surface area contributed by atoms with Crippen molar-refractivity contribution in [3.05, 3.63) is 33.8 Å². The monoisotopic (exact) mass is 286 g/mol. The largest absolute Gasteiger partial charge is 0.329 e. The summed E-state index contributed by atoms with van der Waals surface area (Å²) >= 11 is 12.4. The third-order valence-corrected chi connectivity index (χ3v) is 4.69. The fourth-order valence-corrected chi connectivity index (χ4v) is 3.36. The number of nitrogens with zero attached hydrogens (tertiary/aromatic N) is 1. The molecule has 4 heteroatoms. The Hall–Kier alpha value is -0.280. The molecule has 0 amide bonds. The molecule has 1 aliphatic heterocycles. The van der Waals surface area contributed by atoms with Gasteiger partial charge < -0.3 is 5.73 Å². The van der Waals surface area contributed by atoms with Crippen molar-refractivity contribution in [2.45, 2.75) is 38.3 Å². The molecule has 2 atom stereocenters. The van der Waals surface area contributed by atoms with Crippen LogP contribution in [0.3, 0.4) is 0 Å². The standard InChI is InChI=1S/C14H20Cl2N2/c1-2-10-5-4-8-18(10)13(9-17)11-6-3-7-12(15)14(11)16/h3,6-7,10,13H,2,4-5,8-9,17H2,1H3. The van der Waals surface area contributed by atoms with Crippen LogP contribution in [0.25, 0.3) is 0 Å². The van der Waals surface area contributed by atoms with Crippen LogP contribution >= 0.6 is 23.2 Å². The summed E-state index contributed by atoms with van der Waals surface area (Å²) in [7, 11) is 0.